The van der Waals surface area contributed by atoms with Gasteiger partial charge in [-0.1, -0.05) is 60.1 Å². The van der Waals surface area contributed by atoms with Gasteiger partial charge in [-0.2, -0.15) is 0 Å². The first-order valence-corrected chi connectivity index (χ1v) is 7.70. The van der Waals surface area contributed by atoms with E-state index in [1.54, 1.807) is 5.19 Å². The van der Waals surface area contributed by atoms with Crippen molar-refractivity contribution in [1.29, 1.82) is 0 Å². The molecule has 0 atom stereocenters. The second-order valence-corrected chi connectivity index (χ2v) is 8.89. The van der Waals surface area contributed by atoms with Crippen LogP contribution in [0.3, 0.4) is 0 Å². The van der Waals surface area contributed by atoms with Crippen LogP contribution in [-0.2, 0) is 0 Å². The maximum Gasteiger partial charge on any atom is 0.0840 e. The van der Waals surface area contributed by atoms with Gasteiger partial charge in [-0.05, 0) is 6.92 Å². The van der Waals surface area contributed by atoms with Gasteiger partial charge in [-0.15, -0.1) is 0 Å². The highest BCUT2D eigenvalue weighted by atomic mass is 28.3. The van der Waals surface area contributed by atoms with Gasteiger partial charge >= 0.3 is 0 Å². The molecular weight excluding hydrogens is 160 g/mol. The average Bonchev–Trinajstić information content (AvgIpc) is 2.01. The smallest absolute Gasteiger partial charge is 0.0652 e. The van der Waals surface area contributed by atoms with Crippen LogP contribution >= 0.6 is 0 Å². The molecule has 0 N–H and O–H groups in total. The second kappa shape index (κ2) is 2.73. The van der Waals surface area contributed by atoms with E-state index < -0.39 is 8.07 Å². The molecule has 0 unspecified atom stereocenters. The van der Waals surface area contributed by atoms with Crippen LogP contribution in [0, 0.1) is 6.92 Å². The molecule has 0 aromatic heterocycles. The largest absolute Gasteiger partial charge is 0.0840 e. The summed E-state index contributed by atoms with van der Waals surface area (Å²) in [6.07, 6.45) is 1.47. The van der Waals surface area contributed by atoms with Crippen LogP contribution in [0.1, 0.15) is 12.0 Å². The third kappa shape index (κ3) is 1.12. The average molecular weight is 176 g/mol. The first-order chi connectivity index (χ1) is 5.72. The second-order valence-electron chi connectivity index (χ2n) is 4.23. The first kappa shape index (κ1) is 8.05. The van der Waals surface area contributed by atoms with E-state index in [2.05, 4.69) is 37.7 Å². The van der Waals surface area contributed by atoms with E-state index in [1.165, 1.54) is 24.1 Å². The lowest BCUT2D eigenvalue weighted by molar-refractivity contribution is 0.916. The molecule has 1 aromatic carbocycles. The zero-order valence-corrected chi connectivity index (χ0v) is 8.93. The van der Waals surface area contributed by atoms with Crippen molar-refractivity contribution in [3.63, 3.8) is 0 Å². The van der Waals surface area contributed by atoms with Crippen molar-refractivity contribution in [2.75, 3.05) is 0 Å². The van der Waals surface area contributed by atoms with Gasteiger partial charge in [-0.25, -0.2) is 0 Å². The van der Waals surface area contributed by atoms with Gasteiger partial charge in [0.15, 0.2) is 0 Å². The Bertz CT molecular complexity index is 287. The SMILES string of the molecule is Cc1ccccc1[Si]1(C)CCC1. The molecule has 2 rings (SSSR count). The summed E-state index contributed by atoms with van der Waals surface area (Å²) in [5.41, 5.74) is 1.52. The molecule has 1 saturated heterocycles. The van der Waals surface area contributed by atoms with Crippen LogP contribution in [0.25, 0.3) is 0 Å². The normalized spacial score (nSPS) is 20.2. The molecule has 64 valence electrons. The lowest BCUT2D eigenvalue weighted by Gasteiger charge is -2.37. The molecule has 1 heterocycles. The number of benzene rings is 1. The van der Waals surface area contributed by atoms with E-state index in [0.717, 1.165) is 0 Å². The van der Waals surface area contributed by atoms with Gasteiger partial charge in [0.05, 0.1) is 8.07 Å². The van der Waals surface area contributed by atoms with Crippen LogP contribution in [0.2, 0.25) is 18.6 Å². The summed E-state index contributed by atoms with van der Waals surface area (Å²) in [6, 6.07) is 12.0. The molecule has 0 nitrogen and oxygen atoms in total. The van der Waals surface area contributed by atoms with E-state index in [1.807, 2.05) is 0 Å². The lowest BCUT2D eigenvalue weighted by atomic mass is 10.2. The Labute approximate surface area is 75.6 Å². The minimum Gasteiger partial charge on any atom is -0.0652 e. The van der Waals surface area contributed by atoms with Crippen LogP contribution < -0.4 is 5.19 Å². The molecule has 0 radical (unpaired) electrons. The van der Waals surface area contributed by atoms with Crippen LogP contribution in [0.4, 0.5) is 0 Å². The Balaban J connectivity index is 2.39. The fraction of sp³-hybridized carbons (Fsp3) is 0.455. The fourth-order valence-corrected chi connectivity index (χ4v) is 5.71. The Morgan fingerprint density at radius 3 is 2.33 bits per heavy atom. The Kier molecular flexibility index (Phi) is 1.84. The van der Waals surface area contributed by atoms with Gasteiger partial charge in [-0.3, -0.25) is 0 Å². The third-order valence-corrected chi connectivity index (χ3v) is 8.03. The number of rotatable bonds is 1. The highest BCUT2D eigenvalue weighted by molar-refractivity contribution is 6.93. The molecule has 1 aromatic rings. The third-order valence-electron chi connectivity index (χ3n) is 3.25. The quantitative estimate of drug-likeness (QED) is 0.577. The zero-order chi connectivity index (χ0) is 8.60. The Hall–Kier alpha value is -0.563. The summed E-state index contributed by atoms with van der Waals surface area (Å²) in [6.45, 7) is 4.78. The molecular formula is C11H16Si. The van der Waals surface area contributed by atoms with Gasteiger partial charge in [0.25, 0.3) is 0 Å². The van der Waals surface area contributed by atoms with E-state index in [-0.39, 0.29) is 0 Å². The predicted octanol–water partition coefficient (Wildman–Crippen LogP) is 2.68. The maximum absolute atomic E-state index is 2.53. The number of hydrogen-bond acceptors (Lipinski definition) is 0. The molecule has 0 aliphatic carbocycles. The topological polar surface area (TPSA) is 0 Å². The van der Waals surface area contributed by atoms with Gasteiger partial charge in [0, 0.05) is 0 Å². The summed E-state index contributed by atoms with van der Waals surface area (Å²) in [4.78, 5) is 0. The Morgan fingerprint density at radius 2 is 1.83 bits per heavy atom. The summed E-state index contributed by atoms with van der Waals surface area (Å²) in [5, 5.41) is 1.70. The van der Waals surface area contributed by atoms with E-state index in [4.69, 9.17) is 0 Å². The van der Waals surface area contributed by atoms with Crippen molar-refractivity contribution in [3.05, 3.63) is 29.8 Å². The summed E-state index contributed by atoms with van der Waals surface area (Å²) in [5.74, 6) is 0. The number of aryl methyl sites for hydroxylation is 1. The van der Waals surface area contributed by atoms with Crippen molar-refractivity contribution in [1.82, 2.24) is 0 Å². The molecule has 0 bridgehead atoms. The van der Waals surface area contributed by atoms with Crippen LogP contribution in [0.15, 0.2) is 24.3 Å². The highest BCUT2D eigenvalue weighted by Gasteiger charge is 2.36. The molecule has 1 aliphatic rings. The summed E-state index contributed by atoms with van der Waals surface area (Å²) >= 11 is 0. The van der Waals surface area contributed by atoms with Crippen molar-refractivity contribution in [2.24, 2.45) is 0 Å². The zero-order valence-electron chi connectivity index (χ0n) is 7.93. The molecule has 1 aliphatic heterocycles. The molecule has 0 amide bonds. The van der Waals surface area contributed by atoms with Gasteiger partial charge < -0.3 is 0 Å². The van der Waals surface area contributed by atoms with Crippen LogP contribution in [-0.4, -0.2) is 8.07 Å². The maximum atomic E-state index is 2.53. The highest BCUT2D eigenvalue weighted by Crippen LogP contribution is 2.32. The minimum atomic E-state index is -0.917. The van der Waals surface area contributed by atoms with E-state index >= 15 is 0 Å². The fourth-order valence-electron chi connectivity index (χ4n) is 2.23. The van der Waals surface area contributed by atoms with E-state index in [0.29, 0.717) is 0 Å². The molecule has 0 saturated carbocycles. The van der Waals surface area contributed by atoms with Gasteiger partial charge in [0.1, 0.15) is 0 Å². The van der Waals surface area contributed by atoms with Gasteiger partial charge in [0.2, 0.25) is 0 Å². The Morgan fingerprint density at radius 1 is 1.17 bits per heavy atom. The molecule has 1 fully saturated rings. The summed E-state index contributed by atoms with van der Waals surface area (Å²) < 4.78 is 0. The first-order valence-electron chi connectivity index (χ1n) is 4.78. The summed E-state index contributed by atoms with van der Waals surface area (Å²) in [7, 11) is -0.917. The van der Waals surface area contributed by atoms with Crippen LogP contribution in [0.5, 0.6) is 0 Å². The van der Waals surface area contributed by atoms with Crippen molar-refractivity contribution in [3.8, 4) is 0 Å². The predicted molar refractivity (Wildman–Crippen MR) is 56.7 cm³/mol. The molecule has 0 spiro atoms. The van der Waals surface area contributed by atoms with Crippen molar-refractivity contribution >= 4 is 13.3 Å². The number of hydrogen-bond donors (Lipinski definition) is 0. The standard InChI is InChI=1S/C11H16Si/c1-10-6-3-4-7-11(10)12(2)8-5-9-12/h3-4,6-7H,5,8-9H2,1-2H3. The molecule has 12 heavy (non-hydrogen) atoms. The van der Waals surface area contributed by atoms with Crippen molar-refractivity contribution < 1.29 is 0 Å². The van der Waals surface area contributed by atoms with Crippen molar-refractivity contribution in [2.45, 2.75) is 32.0 Å². The lowest BCUT2D eigenvalue weighted by Crippen LogP contribution is -2.51. The molecule has 1 heteroatoms. The van der Waals surface area contributed by atoms with E-state index in [9.17, 15) is 0 Å². The monoisotopic (exact) mass is 176 g/mol. The minimum absolute atomic E-state index is 0.917.